The molecule has 148 valence electrons. The molecule has 9 heteroatoms. The number of carbonyl (C=O) groups is 1. The van der Waals surface area contributed by atoms with Crippen molar-refractivity contribution in [1.29, 1.82) is 0 Å². The van der Waals surface area contributed by atoms with Gasteiger partial charge in [0.1, 0.15) is 0 Å². The maximum Gasteiger partial charge on any atom is 0.416 e. The van der Waals surface area contributed by atoms with E-state index in [0.29, 0.717) is 5.69 Å². The van der Waals surface area contributed by atoms with Gasteiger partial charge in [0, 0.05) is 13.6 Å². The molecule has 1 unspecified atom stereocenters. The van der Waals surface area contributed by atoms with Crippen LogP contribution in [-0.2, 0) is 21.7 Å². The molecule has 0 aliphatic carbocycles. The minimum atomic E-state index is -4.50. The van der Waals surface area contributed by atoms with E-state index in [9.17, 15) is 22.2 Å². The number of aliphatic imine (C=N–C) groups is 1. The number of amides is 1. The Morgan fingerprint density at radius 3 is 2.64 bits per heavy atom. The number of rotatable bonds is 5. The molecule has 0 N–H and O–H groups in total. The zero-order chi connectivity index (χ0) is 20.5. The smallest absolute Gasteiger partial charge is 0.366 e. The summed E-state index contributed by atoms with van der Waals surface area (Å²) in [5, 5.41) is 0. The molecule has 0 saturated carbocycles. The van der Waals surface area contributed by atoms with Crippen LogP contribution in [0.15, 0.2) is 56.7 Å². The molecule has 0 saturated heterocycles. The lowest BCUT2D eigenvalue weighted by Gasteiger charge is -2.11. The van der Waals surface area contributed by atoms with Crippen molar-refractivity contribution in [2.45, 2.75) is 23.7 Å². The third-order valence-electron chi connectivity index (χ3n) is 4.29. The van der Waals surface area contributed by atoms with Gasteiger partial charge in [-0.25, -0.2) is 9.20 Å². The van der Waals surface area contributed by atoms with E-state index in [1.807, 2.05) is 18.9 Å². The van der Waals surface area contributed by atoms with Gasteiger partial charge in [-0.05, 0) is 36.8 Å². The largest absolute Gasteiger partial charge is 0.416 e. The van der Waals surface area contributed by atoms with E-state index in [2.05, 4.69) is 9.36 Å². The number of carbonyl (C=O) groups excluding carboxylic acids is 1. The fraction of sp³-hybridized carbons (Fsp3) is 0.263. The number of hydrogen-bond acceptors (Lipinski definition) is 3. The van der Waals surface area contributed by atoms with E-state index in [0.717, 1.165) is 18.7 Å². The first-order valence-electron chi connectivity index (χ1n) is 8.46. The van der Waals surface area contributed by atoms with Gasteiger partial charge < -0.3 is 4.90 Å². The molecule has 28 heavy (non-hydrogen) atoms. The fourth-order valence-electron chi connectivity index (χ4n) is 2.70. The normalized spacial score (nSPS) is 19.0. The predicted octanol–water partition coefficient (Wildman–Crippen LogP) is 4.50. The van der Waals surface area contributed by atoms with Crippen LogP contribution in [0.25, 0.3) is 0 Å². The Kier molecular flexibility index (Phi) is 5.29. The van der Waals surface area contributed by atoms with Crippen LogP contribution in [0.5, 0.6) is 0 Å². The molecule has 0 aromatic heterocycles. The van der Waals surface area contributed by atoms with Crippen molar-refractivity contribution in [1.82, 2.24) is 4.90 Å². The highest BCUT2D eigenvalue weighted by atomic mass is 32.2. The van der Waals surface area contributed by atoms with Crippen LogP contribution in [0.2, 0.25) is 0 Å². The van der Waals surface area contributed by atoms with Crippen molar-refractivity contribution in [2.24, 2.45) is 9.36 Å². The molecule has 1 atom stereocenters. The van der Waals surface area contributed by atoms with Gasteiger partial charge in [0.15, 0.2) is 0 Å². The van der Waals surface area contributed by atoms with Crippen molar-refractivity contribution in [3.63, 3.8) is 0 Å². The first-order chi connectivity index (χ1) is 13.1. The SMILES string of the molecule is CCN(C)/C=N/c1ccc2c(c1)C(=O)N=S2(=O)Cc1cccc(C(F)(F)F)c1. The van der Waals surface area contributed by atoms with Crippen molar-refractivity contribution >= 4 is 27.7 Å². The second kappa shape index (κ2) is 7.38. The fourth-order valence-corrected chi connectivity index (χ4v) is 4.78. The summed E-state index contributed by atoms with van der Waals surface area (Å²) in [7, 11) is -1.34. The number of benzene rings is 2. The van der Waals surface area contributed by atoms with Gasteiger partial charge in [0.25, 0.3) is 5.91 Å². The van der Waals surface area contributed by atoms with Gasteiger partial charge in [-0.2, -0.15) is 17.5 Å². The Bertz CT molecular complexity index is 1070. The summed E-state index contributed by atoms with van der Waals surface area (Å²) < 4.78 is 55.8. The van der Waals surface area contributed by atoms with Gasteiger partial charge in [-0.15, -0.1) is 0 Å². The summed E-state index contributed by atoms with van der Waals surface area (Å²) in [5.41, 5.74) is 0.0502. The lowest BCUT2D eigenvalue weighted by molar-refractivity contribution is -0.137. The average Bonchev–Trinajstić information content (AvgIpc) is 2.89. The zero-order valence-electron chi connectivity index (χ0n) is 15.2. The molecular weight excluding hydrogens is 391 g/mol. The molecule has 0 spiro atoms. The summed E-state index contributed by atoms with van der Waals surface area (Å²) in [4.78, 5) is 18.6. The van der Waals surface area contributed by atoms with Crippen molar-refractivity contribution < 1.29 is 22.2 Å². The minimum Gasteiger partial charge on any atom is -0.366 e. The lowest BCUT2D eigenvalue weighted by Crippen LogP contribution is -2.14. The van der Waals surface area contributed by atoms with Crippen LogP contribution in [-0.4, -0.2) is 34.9 Å². The third kappa shape index (κ3) is 4.09. The zero-order valence-corrected chi connectivity index (χ0v) is 16.0. The maximum atomic E-state index is 13.3. The minimum absolute atomic E-state index is 0.172. The van der Waals surface area contributed by atoms with Crippen LogP contribution >= 0.6 is 0 Å². The summed E-state index contributed by atoms with van der Waals surface area (Å²) in [6, 6.07) is 9.19. The van der Waals surface area contributed by atoms with Gasteiger partial charge in [0.2, 0.25) is 0 Å². The van der Waals surface area contributed by atoms with Crippen molar-refractivity contribution in [3.8, 4) is 0 Å². The van der Waals surface area contributed by atoms with E-state index in [1.54, 1.807) is 12.4 Å². The highest BCUT2D eigenvalue weighted by Gasteiger charge is 2.32. The number of nitrogens with zero attached hydrogens (tertiary/aromatic N) is 3. The Balaban J connectivity index is 1.93. The lowest BCUT2D eigenvalue weighted by atomic mass is 10.1. The summed E-state index contributed by atoms with van der Waals surface area (Å²) in [6.45, 7) is 2.72. The maximum absolute atomic E-state index is 13.3. The van der Waals surface area contributed by atoms with E-state index < -0.39 is 27.4 Å². The first kappa shape index (κ1) is 20.1. The topological polar surface area (TPSA) is 62.1 Å². The first-order valence-corrected chi connectivity index (χ1v) is 10.1. The van der Waals surface area contributed by atoms with Crippen LogP contribution in [0.3, 0.4) is 0 Å². The molecular formula is C19H18F3N3O2S. The molecule has 5 nitrogen and oxygen atoms in total. The van der Waals surface area contributed by atoms with E-state index >= 15 is 0 Å². The van der Waals surface area contributed by atoms with E-state index in [4.69, 9.17) is 0 Å². The summed E-state index contributed by atoms with van der Waals surface area (Å²) in [5.74, 6) is -0.913. The molecule has 1 aliphatic heterocycles. The third-order valence-corrected chi connectivity index (χ3v) is 6.52. The molecule has 1 amide bonds. The van der Waals surface area contributed by atoms with Gasteiger partial charge in [0.05, 0.1) is 43.5 Å². The molecule has 2 aromatic rings. The van der Waals surface area contributed by atoms with Crippen LogP contribution in [0.1, 0.15) is 28.4 Å². The Hall–Kier alpha value is -2.68. The number of fused-ring (bicyclic) bond motifs is 1. The van der Waals surface area contributed by atoms with E-state index in [-0.39, 0.29) is 21.8 Å². The van der Waals surface area contributed by atoms with Crippen LogP contribution in [0, 0.1) is 0 Å². The Labute approximate surface area is 161 Å². The molecule has 0 bridgehead atoms. The van der Waals surface area contributed by atoms with Crippen molar-refractivity contribution in [3.05, 3.63) is 59.2 Å². The molecule has 2 aromatic carbocycles. The van der Waals surface area contributed by atoms with Crippen LogP contribution in [0.4, 0.5) is 18.9 Å². The van der Waals surface area contributed by atoms with Gasteiger partial charge in [-0.1, -0.05) is 18.2 Å². The summed E-state index contributed by atoms with van der Waals surface area (Å²) >= 11 is 0. The highest BCUT2D eigenvalue weighted by Crippen LogP contribution is 2.34. The second-order valence-electron chi connectivity index (χ2n) is 6.38. The standard InChI is InChI=1S/C19H18F3N3O2S/c1-3-25(2)12-23-15-7-8-17-16(10-15)18(26)24-28(17,27)11-13-5-4-6-14(9-13)19(20,21)22/h4-10,12H,3,11H2,1-2H3/b23-12+. The Morgan fingerprint density at radius 1 is 1.21 bits per heavy atom. The molecule has 1 heterocycles. The quantitative estimate of drug-likeness (QED) is 0.540. The second-order valence-corrected chi connectivity index (χ2v) is 8.57. The van der Waals surface area contributed by atoms with Gasteiger partial charge in [-0.3, -0.25) is 4.79 Å². The summed E-state index contributed by atoms with van der Waals surface area (Å²) in [6.07, 6.45) is -2.89. The van der Waals surface area contributed by atoms with Crippen molar-refractivity contribution in [2.75, 3.05) is 13.6 Å². The molecule has 0 radical (unpaired) electrons. The number of alkyl halides is 3. The number of hydrogen-bond donors (Lipinski definition) is 0. The van der Waals surface area contributed by atoms with E-state index in [1.165, 1.54) is 24.3 Å². The number of halogens is 3. The monoisotopic (exact) mass is 409 g/mol. The average molecular weight is 409 g/mol. The molecule has 0 fully saturated rings. The Morgan fingerprint density at radius 2 is 1.96 bits per heavy atom. The van der Waals surface area contributed by atoms with Crippen LogP contribution < -0.4 is 0 Å². The molecule has 1 aliphatic rings. The molecule has 3 rings (SSSR count). The predicted molar refractivity (Wildman–Crippen MR) is 101 cm³/mol. The van der Waals surface area contributed by atoms with Gasteiger partial charge >= 0.3 is 6.18 Å². The highest BCUT2D eigenvalue weighted by molar-refractivity contribution is 7.93.